The van der Waals surface area contributed by atoms with E-state index in [9.17, 15) is 0 Å². The fourth-order valence-electron chi connectivity index (χ4n) is 11.5. The lowest BCUT2D eigenvalue weighted by atomic mass is 9.70. The smallest absolute Gasteiger partial charge is 0.144 e. The van der Waals surface area contributed by atoms with Crippen molar-refractivity contribution in [3.05, 3.63) is 216 Å². The standard InChI is InChI=1S/C60H36N2O2/c1-34(62-58-45-21-6-4-16-38(45)37-15-3-5-20-44(37)57(58)61-2)35-27-29-41-42-30-28-36(32-51(42)60(50(41)31-35)48-23-11-7-17-39(48)40-18-8-12-24-49(40)60)55-56-46-22-10-14-26-53(46)63-54(56)33-47-43-19-9-13-25-52(43)64-59(47)55/h3-33H,2H2,1H3. The number of para-hydroxylation sites is 2. The van der Waals surface area contributed by atoms with Gasteiger partial charge in [-0.3, -0.25) is 9.98 Å². The van der Waals surface area contributed by atoms with E-state index in [2.05, 4.69) is 195 Å². The van der Waals surface area contributed by atoms with Crippen molar-refractivity contribution >= 4 is 89.2 Å². The van der Waals surface area contributed by atoms with Crippen LogP contribution in [0.3, 0.4) is 0 Å². The van der Waals surface area contributed by atoms with Crippen molar-refractivity contribution in [1.82, 2.24) is 0 Å². The van der Waals surface area contributed by atoms with Gasteiger partial charge in [-0.1, -0.05) is 158 Å². The van der Waals surface area contributed by atoms with Gasteiger partial charge in [-0.15, -0.1) is 0 Å². The van der Waals surface area contributed by atoms with Crippen LogP contribution >= 0.6 is 0 Å². The number of fused-ring (bicyclic) bond motifs is 19. The number of furan rings is 2. The molecule has 0 unspecified atom stereocenters. The van der Waals surface area contributed by atoms with E-state index in [1.165, 1.54) is 44.5 Å². The van der Waals surface area contributed by atoms with Crippen molar-refractivity contribution in [2.24, 2.45) is 9.98 Å². The number of hydrogen-bond donors (Lipinski definition) is 0. The zero-order valence-electron chi connectivity index (χ0n) is 34.8. The molecule has 2 heterocycles. The highest BCUT2D eigenvalue weighted by Gasteiger charge is 2.52. The van der Waals surface area contributed by atoms with Crippen LogP contribution in [0.4, 0.5) is 11.4 Å². The van der Waals surface area contributed by atoms with Gasteiger partial charge < -0.3 is 8.83 Å². The molecule has 0 atom stereocenters. The van der Waals surface area contributed by atoms with Gasteiger partial charge in [-0.2, -0.15) is 0 Å². The largest absolute Gasteiger partial charge is 0.456 e. The van der Waals surface area contributed by atoms with Gasteiger partial charge in [0.05, 0.1) is 16.8 Å². The van der Waals surface area contributed by atoms with E-state index in [0.717, 1.165) is 99.2 Å². The topological polar surface area (TPSA) is 51.0 Å². The summed E-state index contributed by atoms with van der Waals surface area (Å²) in [7, 11) is 0. The first kappa shape index (κ1) is 35.3. The van der Waals surface area contributed by atoms with Gasteiger partial charge in [0.2, 0.25) is 0 Å². The summed E-state index contributed by atoms with van der Waals surface area (Å²) in [5.41, 5.74) is 18.5. The summed E-state index contributed by atoms with van der Waals surface area (Å²) in [6.07, 6.45) is 0. The predicted octanol–water partition coefficient (Wildman–Crippen LogP) is 16.3. The van der Waals surface area contributed by atoms with E-state index in [1.54, 1.807) is 0 Å². The molecule has 64 heavy (non-hydrogen) atoms. The maximum absolute atomic E-state index is 6.87. The van der Waals surface area contributed by atoms with Gasteiger partial charge in [0.25, 0.3) is 0 Å². The quantitative estimate of drug-likeness (QED) is 0.131. The highest BCUT2D eigenvalue weighted by molar-refractivity contribution is 6.24. The molecule has 0 radical (unpaired) electrons. The Morgan fingerprint density at radius 3 is 1.66 bits per heavy atom. The van der Waals surface area contributed by atoms with Gasteiger partial charge in [0.15, 0.2) is 0 Å². The number of hydrogen-bond acceptors (Lipinski definition) is 4. The Morgan fingerprint density at radius 2 is 0.969 bits per heavy atom. The second-order valence-electron chi connectivity index (χ2n) is 17.2. The molecule has 0 bridgehead atoms. The molecule has 12 aromatic rings. The van der Waals surface area contributed by atoms with Crippen molar-refractivity contribution in [3.63, 3.8) is 0 Å². The monoisotopic (exact) mass is 816 g/mol. The Morgan fingerprint density at radius 1 is 0.438 bits per heavy atom. The summed E-state index contributed by atoms with van der Waals surface area (Å²) < 4.78 is 13.5. The molecule has 2 aliphatic rings. The van der Waals surface area contributed by atoms with Crippen LogP contribution in [-0.4, -0.2) is 12.4 Å². The molecule has 0 amide bonds. The Hall–Kier alpha value is -8.34. The molecule has 298 valence electrons. The minimum Gasteiger partial charge on any atom is -0.456 e. The van der Waals surface area contributed by atoms with Crippen LogP contribution in [0.1, 0.15) is 34.7 Å². The van der Waals surface area contributed by atoms with Gasteiger partial charge in [-0.05, 0) is 110 Å². The van der Waals surface area contributed by atoms with Gasteiger partial charge in [-0.25, -0.2) is 0 Å². The summed E-state index contributed by atoms with van der Waals surface area (Å²) in [6, 6.07) is 67.7. The lowest BCUT2D eigenvalue weighted by molar-refractivity contribution is 0.664. The van der Waals surface area contributed by atoms with Crippen LogP contribution in [0.25, 0.3) is 98.8 Å². The SMILES string of the molecule is C=Nc1c(N=C(C)c2ccc3c(c2)C2(c4ccccc4-c4ccccc42)c2cc(-c4c5oc6ccccc6c5cc5oc6ccccc6c45)ccc2-3)c2ccccc2c2ccccc12. The van der Waals surface area contributed by atoms with Crippen LogP contribution in [-0.2, 0) is 5.41 Å². The van der Waals surface area contributed by atoms with Gasteiger partial charge in [0.1, 0.15) is 22.3 Å². The normalized spacial score (nSPS) is 13.7. The predicted molar refractivity (Wildman–Crippen MR) is 265 cm³/mol. The van der Waals surface area contributed by atoms with E-state index >= 15 is 0 Å². The number of aliphatic imine (C=N–C) groups is 2. The second kappa shape index (κ2) is 12.9. The van der Waals surface area contributed by atoms with E-state index in [-0.39, 0.29) is 0 Å². The average molecular weight is 817 g/mol. The number of rotatable bonds is 4. The summed E-state index contributed by atoms with van der Waals surface area (Å²) in [4.78, 5) is 10.1. The molecule has 0 aliphatic heterocycles. The Bertz CT molecular complexity index is 4020. The van der Waals surface area contributed by atoms with Crippen LogP contribution in [0, 0.1) is 0 Å². The molecule has 4 nitrogen and oxygen atoms in total. The van der Waals surface area contributed by atoms with E-state index in [0.29, 0.717) is 0 Å². The molecule has 10 aromatic carbocycles. The molecule has 2 aromatic heterocycles. The van der Waals surface area contributed by atoms with Crippen molar-refractivity contribution < 1.29 is 8.83 Å². The Kier molecular flexibility index (Phi) is 7.08. The summed E-state index contributed by atoms with van der Waals surface area (Å²) >= 11 is 0. The molecule has 4 heteroatoms. The molecule has 14 rings (SSSR count). The maximum atomic E-state index is 6.87. The first-order chi connectivity index (χ1) is 31.6. The van der Waals surface area contributed by atoms with Crippen LogP contribution in [0.2, 0.25) is 0 Å². The molecule has 0 saturated carbocycles. The minimum absolute atomic E-state index is 0.604. The van der Waals surface area contributed by atoms with Crippen molar-refractivity contribution in [1.29, 1.82) is 0 Å². The third-order valence-electron chi connectivity index (χ3n) is 14.1. The van der Waals surface area contributed by atoms with E-state index in [1.807, 2.05) is 12.1 Å². The summed E-state index contributed by atoms with van der Waals surface area (Å²) in [5, 5.41) is 8.63. The van der Waals surface area contributed by atoms with Gasteiger partial charge >= 0.3 is 0 Å². The van der Waals surface area contributed by atoms with Crippen LogP contribution in [0.5, 0.6) is 0 Å². The lowest BCUT2D eigenvalue weighted by Gasteiger charge is -2.31. The lowest BCUT2D eigenvalue weighted by Crippen LogP contribution is -2.26. The first-order valence-corrected chi connectivity index (χ1v) is 21.8. The fourth-order valence-corrected chi connectivity index (χ4v) is 11.5. The van der Waals surface area contributed by atoms with Crippen LogP contribution < -0.4 is 0 Å². The van der Waals surface area contributed by atoms with E-state index < -0.39 is 5.41 Å². The molecule has 0 saturated heterocycles. The van der Waals surface area contributed by atoms with Crippen molar-refractivity contribution in [3.8, 4) is 33.4 Å². The third kappa shape index (κ3) is 4.51. The molecular formula is C60H36N2O2. The average Bonchev–Trinajstić information content (AvgIpc) is 4.08. The number of nitrogens with zero attached hydrogens (tertiary/aromatic N) is 2. The van der Waals surface area contributed by atoms with Crippen molar-refractivity contribution in [2.45, 2.75) is 12.3 Å². The molecule has 1 spiro atoms. The highest BCUT2D eigenvalue weighted by atomic mass is 16.3. The number of benzene rings is 10. The zero-order chi connectivity index (χ0) is 42.3. The summed E-state index contributed by atoms with van der Waals surface area (Å²) in [6.45, 7) is 6.17. The van der Waals surface area contributed by atoms with Gasteiger partial charge in [0, 0.05) is 43.6 Å². The van der Waals surface area contributed by atoms with Crippen molar-refractivity contribution in [2.75, 3.05) is 0 Å². The Labute approximate surface area is 368 Å². The molecule has 0 N–H and O–H groups in total. The highest BCUT2D eigenvalue weighted by Crippen LogP contribution is 2.63. The fraction of sp³-hybridized carbons (Fsp3) is 0.0333. The molecule has 0 fully saturated rings. The van der Waals surface area contributed by atoms with E-state index in [4.69, 9.17) is 13.8 Å². The summed E-state index contributed by atoms with van der Waals surface area (Å²) in [5.74, 6) is 0. The molecular weight excluding hydrogens is 781 g/mol. The first-order valence-electron chi connectivity index (χ1n) is 21.8. The minimum atomic E-state index is -0.604. The maximum Gasteiger partial charge on any atom is 0.144 e. The van der Waals surface area contributed by atoms with Crippen LogP contribution in [0.15, 0.2) is 207 Å². The molecule has 2 aliphatic carbocycles. The zero-order valence-corrected chi connectivity index (χ0v) is 34.8. The Balaban J connectivity index is 1.05. The second-order valence-corrected chi connectivity index (χ2v) is 17.2. The third-order valence-corrected chi connectivity index (χ3v) is 14.1.